The zero-order valence-corrected chi connectivity index (χ0v) is 15.1. The highest BCUT2D eigenvalue weighted by atomic mass is 35.5. The maximum Gasteiger partial charge on any atom is 0.261 e. The Morgan fingerprint density at radius 1 is 0.923 bits per heavy atom. The zero-order valence-electron chi connectivity index (χ0n) is 14.3. The van der Waals surface area contributed by atoms with E-state index in [1.165, 1.54) is 10.5 Å². The standard InChI is InChI=1S/C21H19ClN2O2/c22-19(14-24-20(25)17-8-4-5-9-18(17)21(24)26)16-10-11-23(13-16)12-15-6-2-1-3-7-15/h1-9H,10-14H2/b19-16+. The molecule has 0 aliphatic carbocycles. The van der Waals surface area contributed by atoms with Crippen LogP contribution >= 0.6 is 11.6 Å². The monoisotopic (exact) mass is 366 g/mol. The van der Waals surface area contributed by atoms with E-state index >= 15 is 0 Å². The van der Waals surface area contributed by atoms with Gasteiger partial charge < -0.3 is 0 Å². The van der Waals surface area contributed by atoms with E-state index < -0.39 is 0 Å². The van der Waals surface area contributed by atoms with E-state index in [-0.39, 0.29) is 18.4 Å². The van der Waals surface area contributed by atoms with Crippen molar-refractivity contribution in [3.05, 3.63) is 81.9 Å². The quantitative estimate of drug-likeness (QED) is 0.775. The van der Waals surface area contributed by atoms with Gasteiger partial charge in [0.2, 0.25) is 0 Å². The molecule has 2 heterocycles. The molecule has 0 saturated carbocycles. The second kappa shape index (κ2) is 7.06. The van der Waals surface area contributed by atoms with E-state index in [0.29, 0.717) is 16.2 Å². The predicted molar refractivity (Wildman–Crippen MR) is 101 cm³/mol. The number of halogens is 1. The van der Waals surface area contributed by atoms with Gasteiger partial charge >= 0.3 is 0 Å². The number of hydrogen-bond donors (Lipinski definition) is 0. The van der Waals surface area contributed by atoms with E-state index in [1.54, 1.807) is 24.3 Å². The molecule has 2 amide bonds. The lowest BCUT2D eigenvalue weighted by molar-refractivity contribution is 0.0670. The number of rotatable bonds is 4. The summed E-state index contributed by atoms with van der Waals surface area (Å²) in [5, 5.41) is 0.607. The summed E-state index contributed by atoms with van der Waals surface area (Å²) in [4.78, 5) is 28.5. The predicted octanol–water partition coefficient (Wildman–Crippen LogP) is 3.68. The maximum absolute atomic E-state index is 12.5. The molecule has 0 aromatic heterocycles. The SMILES string of the molecule is O=C1c2ccccc2C(=O)N1C/C(Cl)=C1/CCN(Cc2ccccc2)C1. The van der Waals surface area contributed by atoms with Crippen molar-refractivity contribution in [2.24, 2.45) is 0 Å². The molecule has 4 rings (SSSR count). The minimum Gasteiger partial charge on any atom is -0.295 e. The third-order valence-electron chi connectivity index (χ3n) is 4.95. The Morgan fingerprint density at radius 3 is 2.19 bits per heavy atom. The second-order valence-corrected chi connectivity index (χ2v) is 7.15. The first-order valence-corrected chi connectivity index (χ1v) is 9.09. The topological polar surface area (TPSA) is 40.6 Å². The van der Waals surface area contributed by atoms with Crippen LogP contribution in [0.15, 0.2) is 65.2 Å². The van der Waals surface area contributed by atoms with Crippen molar-refractivity contribution in [1.29, 1.82) is 0 Å². The molecule has 0 spiro atoms. The van der Waals surface area contributed by atoms with Gasteiger partial charge in [-0.25, -0.2) is 0 Å². The lowest BCUT2D eigenvalue weighted by Crippen LogP contribution is -2.31. The van der Waals surface area contributed by atoms with Gasteiger partial charge in [0.15, 0.2) is 0 Å². The molecular weight excluding hydrogens is 348 g/mol. The summed E-state index contributed by atoms with van der Waals surface area (Å²) in [5.41, 5.74) is 3.30. The number of carbonyl (C=O) groups is 2. The highest BCUT2D eigenvalue weighted by Gasteiger charge is 2.35. The van der Waals surface area contributed by atoms with Gasteiger partial charge in [-0.3, -0.25) is 19.4 Å². The smallest absolute Gasteiger partial charge is 0.261 e. The summed E-state index contributed by atoms with van der Waals surface area (Å²) in [7, 11) is 0. The molecule has 2 aromatic carbocycles. The molecule has 1 fully saturated rings. The molecule has 26 heavy (non-hydrogen) atoms. The summed E-state index contributed by atoms with van der Waals surface area (Å²) < 4.78 is 0. The summed E-state index contributed by atoms with van der Waals surface area (Å²) >= 11 is 6.52. The lowest BCUT2D eigenvalue weighted by Gasteiger charge is -2.16. The van der Waals surface area contributed by atoms with Gasteiger partial charge in [0.25, 0.3) is 11.8 Å². The number of nitrogens with zero attached hydrogens (tertiary/aromatic N) is 2. The summed E-state index contributed by atoms with van der Waals surface area (Å²) in [6.07, 6.45) is 0.870. The van der Waals surface area contributed by atoms with Crippen molar-refractivity contribution in [1.82, 2.24) is 9.80 Å². The largest absolute Gasteiger partial charge is 0.295 e. The van der Waals surface area contributed by atoms with Crippen molar-refractivity contribution in [3.63, 3.8) is 0 Å². The summed E-state index contributed by atoms with van der Waals surface area (Å²) in [5.74, 6) is -0.521. The highest BCUT2D eigenvalue weighted by molar-refractivity contribution is 6.31. The van der Waals surface area contributed by atoms with E-state index in [4.69, 9.17) is 11.6 Å². The number of amides is 2. The van der Waals surface area contributed by atoms with Crippen molar-refractivity contribution < 1.29 is 9.59 Å². The van der Waals surface area contributed by atoms with E-state index in [0.717, 1.165) is 31.6 Å². The van der Waals surface area contributed by atoms with Crippen LogP contribution in [0, 0.1) is 0 Å². The summed E-state index contributed by atoms with van der Waals surface area (Å²) in [6.45, 7) is 2.74. The molecule has 0 N–H and O–H groups in total. The molecule has 2 aliphatic heterocycles. The molecule has 0 unspecified atom stereocenters. The molecule has 0 radical (unpaired) electrons. The third-order valence-corrected chi connectivity index (χ3v) is 5.34. The van der Waals surface area contributed by atoms with Crippen molar-refractivity contribution in [2.75, 3.05) is 19.6 Å². The van der Waals surface area contributed by atoms with Gasteiger partial charge in [-0.05, 0) is 29.7 Å². The Bertz CT molecular complexity index is 857. The van der Waals surface area contributed by atoms with E-state index in [2.05, 4.69) is 17.0 Å². The number of fused-ring (bicyclic) bond motifs is 1. The Morgan fingerprint density at radius 2 is 1.54 bits per heavy atom. The van der Waals surface area contributed by atoms with Gasteiger partial charge in [-0.15, -0.1) is 0 Å². The van der Waals surface area contributed by atoms with Crippen LogP contribution in [0.2, 0.25) is 0 Å². The average molecular weight is 367 g/mol. The van der Waals surface area contributed by atoms with Crippen LogP contribution in [0.3, 0.4) is 0 Å². The zero-order chi connectivity index (χ0) is 18.1. The molecular formula is C21H19ClN2O2. The van der Waals surface area contributed by atoms with Crippen LogP contribution in [0.1, 0.15) is 32.7 Å². The van der Waals surface area contributed by atoms with Gasteiger partial charge in [0.05, 0.1) is 17.7 Å². The van der Waals surface area contributed by atoms with Crippen LogP contribution in [-0.4, -0.2) is 41.2 Å². The number of hydrogen-bond acceptors (Lipinski definition) is 3. The maximum atomic E-state index is 12.5. The minimum absolute atomic E-state index is 0.155. The van der Waals surface area contributed by atoms with Crippen molar-refractivity contribution >= 4 is 23.4 Å². The first-order chi connectivity index (χ1) is 12.6. The van der Waals surface area contributed by atoms with Crippen molar-refractivity contribution in [2.45, 2.75) is 13.0 Å². The fourth-order valence-corrected chi connectivity index (χ4v) is 3.83. The van der Waals surface area contributed by atoms with Crippen LogP contribution in [0.5, 0.6) is 0 Å². The molecule has 0 bridgehead atoms. The van der Waals surface area contributed by atoms with Crippen LogP contribution in [-0.2, 0) is 6.54 Å². The fraction of sp³-hybridized carbons (Fsp3) is 0.238. The van der Waals surface area contributed by atoms with E-state index in [1.807, 2.05) is 18.2 Å². The van der Waals surface area contributed by atoms with Gasteiger partial charge in [-0.2, -0.15) is 0 Å². The molecule has 2 aromatic rings. The lowest BCUT2D eigenvalue weighted by atomic mass is 10.1. The second-order valence-electron chi connectivity index (χ2n) is 6.70. The van der Waals surface area contributed by atoms with Crippen LogP contribution in [0.4, 0.5) is 0 Å². The van der Waals surface area contributed by atoms with Gasteiger partial charge in [-0.1, -0.05) is 54.1 Å². The number of benzene rings is 2. The van der Waals surface area contributed by atoms with Gasteiger partial charge in [0, 0.05) is 24.7 Å². The number of carbonyl (C=O) groups excluding carboxylic acids is 2. The molecule has 132 valence electrons. The minimum atomic E-state index is -0.261. The molecule has 0 atom stereocenters. The Labute approximate surface area is 157 Å². The molecule has 4 nitrogen and oxygen atoms in total. The third kappa shape index (κ3) is 3.18. The Hall–Kier alpha value is -2.43. The Kier molecular flexibility index (Phi) is 4.62. The molecule has 2 aliphatic rings. The summed E-state index contributed by atoms with van der Waals surface area (Å²) in [6, 6.07) is 17.2. The number of likely N-dealkylation sites (tertiary alicyclic amines) is 1. The van der Waals surface area contributed by atoms with Crippen LogP contribution in [0.25, 0.3) is 0 Å². The molecule has 1 saturated heterocycles. The average Bonchev–Trinajstić information content (AvgIpc) is 3.22. The fourth-order valence-electron chi connectivity index (χ4n) is 3.55. The molecule has 5 heteroatoms. The normalized spacial score (nSPS) is 19.2. The van der Waals surface area contributed by atoms with Crippen LogP contribution < -0.4 is 0 Å². The highest BCUT2D eigenvalue weighted by Crippen LogP contribution is 2.28. The van der Waals surface area contributed by atoms with E-state index in [9.17, 15) is 9.59 Å². The van der Waals surface area contributed by atoms with Crippen molar-refractivity contribution in [3.8, 4) is 0 Å². The Balaban J connectivity index is 1.44. The first-order valence-electron chi connectivity index (χ1n) is 8.71. The number of imide groups is 1. The first kappa shape index (κ1) is 17.0. The van der Waals surface area contributed by atoms with Gasteiger partial charge in [0.1, 0.15) is 0 Å².